The molecular weight excluding hydrogens is 745 g/mol. The smallest absolute Gasteiger partial charge is 0.326 e. The van der Waals surface area contributed by atoms with Gasteiger partial charge in [-0.15, -0.1) is 24.8 Å². The molecule has 0 aliphatic carbocycles. The molecule has 0 aliphatic rings. The molecule has 3 rings (SSSR count). The Bertz CT molecular complexity index is 1690. The number of Topliss-reactive ketones (excluding diaryl/α,β-unsaturated/α-hetero) is 1. The minimum Gasteiger partial charge on any atom is -0.480 e. The first-order valence-electron chi connectivity index (χ1n) is 14.5. The van der Waals surface area contributed by atoms with Gasteiger partial charge in [0.25, 0.3) is 17.6 Å². The fourth-order valence-electron chi connectivity index (χ4n) is 4.54. The highest BCUT2D eigenvalue weighted by molar-refractivity contribution is 9.10. The Labute approximate surface area is 302 Å². The highest BCUT2D eigenvalue weighted by Crippen LogP contribution is 2.24. The van der Waals surface area contributed by atoms with Crippen molar-refractivity contribution in [1.82, 2.24) is 21.3 Å². The van der Waals surface area contributed by atoms with Crippen molar-refractivity contribution in [3.05, 3.63) is 76.3 Å². The molecule has 0 fully saturated rings. The summed E-state index contributed by atoms with van der Waals surface area (Å²) < 4.78 is 0.450. The summed E-state index contributed by atoms with van der Waals surface area (Å²) in [5, 5.41) is 38.5. The van der Waals surface area contributed by atoms with Crippen LogP contribution in [0.3, 0.4) is 0 Å². The number of hydrogen-bond acceptors (Lipinski definition) is 7. The predicted octanol–water partition coefficient (Wildman–Crippen LogP) is 2.46. The Morgan fingerprint density at radius 2 is 1.37 bits per heavy atom. The van der Waals surface area contributed by atoms with Crippen LogP contribution in [0.1, 0.15) is 46.4 Å². The predicted molar refractivity (Wildman–Crippen MR) is 195 cm³/mol. The van der Waals surface area contributed by atoms with E-state index in [0.717, 1.165) is 10.8 Å². The molecule has 264 valence electrons. The lowest BCUT2D eigenvalue weighted by molar-refractivity contribution is -0.142. The van der Waals surface area contributed by atoms with Crippen molar-refractivity contribution in [2.24, 2.45) is 11.5 Å². The fraction of sp³-hybridized carbons (Fsp3) is 0.258. The second-order valence-electron chi connectivity index (χ2n) is 10.4. The first-order valence-corrected chi connectivity index (χ1v) is 15.3. The number of nitrogens with one attached hydrogen (secondary N) is 7. The van der Waals surface area contributed by atoms with E-state index in [4.69, 9.17) is 22.3 Å². The van der Waals surface area contributed by atoms with Gasteiger partial charge in [-0.3, -0.25) is 30.0 Å². The summed E-state index contributed by atoms with van der Waals surface area (Å²) in [6.45, 7) is 0.366. The van der Waals surface area contributed by atoms with Gasteiger partial charge in [0.2, 0.25) is 5.91 Å². The van der Waals surface area contributed by atoms with Crippen molar-refractivity contribution in [1.29, 1.82) is 10.8 Å². The number of guanidine groups is 2. The van der Waals surface area contributed by atoms with E-state index in [2.05, 4.69) is 42.5 Å². The second-order valence-corrected chi connectivity index (χ2v) is 11.3. The van der Waals surface area contributed by atoms with Crippen LogP contribution in [0, 0.1) is 10.8 Å². The average Bonchev–Trinajstić information content (AvgIpc) is 3.03. The number of anilines is 1. The number of nitrogens with two attached hydrogens (primary N) is 2. The number of amides is 3. The van der Waals surface area contributed by atoms with Gasteiger partial charge in [-0.2, -0.15) is 0 Å². The molecule has 0 saturated carbocycles. The molecule has 3 aromatic carbocycles. The second kappa shape index (κ2) is 20.4. The van der Waals surface area contributed by atoms with Crippen LogP contribution in [0.15, 0.2) is 65.1 Å². The largest absolute Gasteiger partial charge is 0.480 e. The Balaban J connectivity index is 0.00000600. The molecule has 0 aliphatic heterocycles. The van der Waals surface area contributed by atoms with Crippen molar-refractivity contribution < 1.29 is 29.1 Å². The van der Waals surface area contributed by atoms with Crippen LogP contribution in [0.25, 0.3) is 10.8 Å². The van der Waals surface area contributed by atoms with Gasteiger partial charge in [-0.05, 0) is 66.8 Å². The normalized spacial score (nSPS) is 11.4. The van der Waals surface area contributed by atoms with E-state index in [1.807, 2.05) is 24.3 Å². The van der Waals surface area contributed by atoms with Crippen LogP contribution in [0.2, 0.25) is 0 Å². The number of carbonyl (C=O) groups is 5. The van der Waals surface area contributed by atoms with Gasteiger partial charge < -0.3 is 43.2 Å². The lowest BCUT2D eigenvalue weighted by atomic mass is 10.0. The standard InChI is InChI=1S/C31H36BrN9O6.2ClH/c32-20-11-12-22(39-26(43)19-10-9-17-5-1-2-6-18(17)15-19)21(16-20)25(42)28(45)40-23(7-3-13-37-30(33)34)27(44)41-24(29(46)47)8-4-14-38-31(35)36;;/h1-2,5-6,9-12,15-16,23-24H,3-4,7-8,13-14H2,(H,39,43)(H,40,45)(H,41,44)(H,46,47)(H4,33,34,37)(H4,35,36,38);2*1H/t23-,24-;;/m0../s1. The first kappa shape index (κ1) is 42.1. The zero-order valence-electron chi connectivity index (χ0n) is 26.0. The van der Waals surface area contributed by atoms with Gasteiger partial charge in [-0.25, -0.2) is 4.79 Å². The molecule has 12 N–H and O–H groups in total. The molecule has 3 aromatic rings. The van der Waals surface area contributed by atoms with Crippen LogP contribution in [0.4, 0.5) is 5.69 Å². The van der Waals surface area contributed by atoms with Gasteiger partial charge in [0.1, 0.15) is 12.1 Å². The monoisotopic (exact) mass is 781 g/mol. The van der Waals surface area contributed by atoms with Crippen LogP contribution < -0.4 is 38.1 Å². The van der Waals surface area contributed by atoms with E-state index >= 15 is 0 Å². The number of rotatable bonds is 16. The van der Waals surface area contributed by atoms with Gasteiger partial charge in [0, 0.05) is 23.1 Å². The van der Waals surface area contributed by atoms with Crippen molar-refractivity contribution >= 4 is 98.6 Å². The number of hydrogen-bond donors (Lipinski definition) is 10. The summed E-state index contributed by atoms with van der Waals surface area (Å²) in [5.41, 5.74) is 10.8. The van der Waals surface area contributed by atoms with Crippen LogP contribution in [0.5, 0.6) is 0 Å². The van der Waals surface area contributed by atoms with Crippen molar-refractivity contribution in [3.63, 3.8) is 0 Å². The molecule has 18 heteroatoms. The Hall–Kier alpha value is -4.93. The van der Waals surface area contributed by atoms with Crippen molar-refractivity contribution in [2.75, 3.05) is 18.4 Å². The first-order chi connectivity index (χ1) is 22.3. The van der Waals surface area contributed by atoms with Gasteiger partial charge in [-0.1, -0.05) is 46.3 Å². The minimum absolute atomic E-state index is 0. The number of halogens is 3. The van der Waals surface area contributed by atoms with Gasteiger partial charge >= 0.3 is 5.97 Å². The Morgan fingerprint density at radius 3 is 1.96 bits per heavy atom. The molecule has 0 saturated heterocycles. The maximum absolute atomic E-state index is 13.4. The van der Waals surface area contributed by atoms with E-state index < -0.39 is 41.6 Å². The van der Waals surface area contributed by atoms with Crippen LogP contribution in [-0.2, 0) is 14.4 Å². The molecule has 15 nitrogen and oxygen atoms in total. The lowest BCUT2D eigenvalue weighted by Crippen LogP contribution is -2.53. The summed E-state index contributed by atoms with van der Waals surface area (Å²) in [4.78, 5) is 64.9. The molecule has 3 amide bonds. The van der Waals surface area contributed by atoms with Crippen molar-refractivity contribution in [2.45, 2.75) is 37.8 Å². The molecule has 0 radical (unpaired) electrons. The number of benzene rings is 3. The number of carboxylic acid groups (broad SMARTS) is 1. The highest BCUT2D eigenvalue weighted by atomic mass is 79.9. The van der Waals surface area contributed by atoms with E-state index in [1.54, 1.807) is 24.3 Å². The summed E-state index contributed by atoms with van der Waals surface area (Å²) >= 11 is 3.28. The molecule has 0 heterocycles. The van der Waals surface area contributed by atoms with Gasteiger partial charge in [0.15, 0.2) is 11.9 Å². The quantitative estimate of drug-likeness (QED) is 0.0334. The molecule has 0 spiro atoms. The van der Waals surface area contributed by atoms with E-state index in [9.17, 15) is 29.1 Å². The number of aliphatic carboxylic acids is 1. The Morgan fingerprint density at radius 1 is 0.776 bits per heavy atom. The minimum atomic E-state index is -1.33. The third kappa shape index (κ3) is 13.2. The Kier molecular flexibility index (Phi) is 17.6. The zero-order chi connectivity index (χ0) is 34.5. The summed E-state index contributed by atoms with van der Waals surface area (Å²) in [6.07, 6.45) is 0.431. The third-order valence-electron chi connectivity index (χ3n) is 6.90. The van der Waals surface area contributed by atoms with E-state index in [0.29, 0.717) is 10.0 Å². The molecule has 0 unspecified atom stereocenters. The van der Waals surface area contributed by atoms with E-state index in [-0.39, 0.29) is 86.8 Å². The highest BCUT2D eigenvalue weighted by Gasteiger charge is 2.29. The summed E-state index contributed by atoms with van der Waals surface area (Å²) in [7, 11) is 0. The molecule has 2 atom stereocenters. The number of carbonyl (C=O) groups excluding carboxylic acids is 4. The summed E-state index contributed by atoms with van der Waals surface area (Å²) in [5.74, 6) is -5.48. The number of carboxylic acids is 1. The number of fused-ring (bicyclic) bond motifs is 1. The van der Waals surface area contributed by atoms with Crippen LogP contribution >= 0.6 is 40.7 Å². The topological polar surface area (TPSA) is 265 Å². The third-order valence-corrected chi connectivity index (χ3v) is 7.39. The van der Waals surface area contributed by atoms with Gasteiger partial charge in [0.05, 0.1) is 11.3 Å². The molecule has 0 aromatic heterocycles. The molecule has 0 bridgehead atoms. The van der Waals surface area contributed by atoms with E-state index in [1.165, 1.54) is 12.1 Å². The van der Waals surface area contributed by atoms with Crippen molar-refractivity contribution in [3.8, 4) is 0 Å². The molecular formula is C31H38BrCl2N9O6. The maximum atomic E-state index is 13.4. The average molecular weight is 784 g/mol. The zero-order valence-corrected chi connectivity index (χ0v) is 29.2. The fourth-order valence-corrected chi connectivity index (χ4v) is 4.90. The number of ketones is 1. The molecule has 49 heavy (non-hydrogen) atoms. The SMILES string of the molecule is Cl.Cl.N=C(N)NCCC[C@H](NC(=O)[C@H](CCCNC(=N)N)NC(=O)C(=O)c1cc(Br)ccc1NC(=O)c1ccc2ccccc2c1)C(=O)O. The summed E-state index contributed by atoms with van der Waals surface area (Å²) in [6, 6.07) is 14.4. The maximum Gasteiger partial charge on any atom is 0.326 e. The lowest BCUT2D eigenvalue weighted by Gasteiger charge is -2.22. The van der Waals surface area contributed by atoms with Crippen LogP contribution in [-0.4, -0.2) is 71.7 Å².